The van der Waals surface area contributed by atoms with Crippen molar-refractivity contribution in [3.8, 4) is 5.75 Å². The molecule has 1 N–H and O–H groups in total. The number of hydrogen-bond donors (Lipinski definition) is 1. The molecule has 2 heterocycles. The lowest BCUT2D eigenvalue weighted by molar-refractivity contribution is 0.220. The molecule has 1 aromatic heterocycles. The topological polar surface area (TPSA) is 34.1 Å². The summed E-state index contributed by atoms with van der Waals surface area (Å²) in [6.45, 7) is 2.88. The van der Waals surface area contributed by atoms with Crippen molar-refractivity contribution in [1.82, 2.24) is 10.3 Å². The maximum Gasteiger partial charge on any atom is 0.123 e. The third-order valence-corrected chi connectivity index (χ3v) is 4.40. The molecule has 0 spiro atoms. The lowest BCUT2D eigenvalue weighted by Gasteiger charge is -2.17. The van der Waals surface area contributed by atoms with Crippen LogP contribution in [0.5, 0.6) is 5.75 Å². The molecule has 2 aromatic rings. The van der Waals surface area contributed by atoms with Crippen LogP contribution < -0.4 is 10.1 Å². The molecule has 0 saturated heterocycles. The van der Waals surface area contributed by atoms with Gasteiger partial charge in [0.2, 0.25) is 0 Å². The van der Waals surface area contributed by atoms with Crippen LogP contribution in [0.1, 0.15) is 30.0 Å². The molecule has 106 valence electrons. The molecule has 3 rings (SSSR count). The van der Waals surface area contributed by atoms with Crippen LogP contribution in [-0.2, 0) is 6.42 Å². The van der Waals surface area contributed by atoms with Gasteiger partial charge in [-0.15, -0.1) is 11.3 Å². The van der Waals surface area contributed by atoms with Crippen LogP contribution in [0.4, 0.5) is 4.39 Å². The Morgan fingerprint density at radius 2 is 2.45 bits per heavy atom. The molecule has 3 nitrogen and oxygen atoms in total. The van der Waals surface area contributed by atoms with Crippen molar-refractivity contribution in [2.45, 2.75) is 31.9 Å². The predicted molar refractivity (Wildman–Crippen MR) is 77.7 cm³/mol. The smallest absolute Gasteiger partial charge is 0.123 e. The summed E-state index contributed by atoms with van der Waals surface area (Å²) in [5, 5.41) is 6.59. The fourth-order valence-corrected chi connectivity index (χ4v) is 3.29. The van der Waals surface area contributed by atoms with E-state index in [0.717, 1.165) is 35.7 Å². The van der Waals surface area contributed by atoms with Crippen molar-refractivity contribution in [1.29, 1.82) is 0 Å². The van der Waals surface area contributed by atoms with Crippen LogP contribution in [0.3, 0.4) is 0 Å². The Morgan fingerprint density at radius 1 is 1.55 bits per heavy atom. The third-order valence-electron chi connectivity index (χ3n) is 3.51. The minimum absolute atomic E-state index is 0.0702. The van der Waals surface area contributed by atoms with Gasteiger partial charge in [-0.2, -0.15) is 0 Å². The Morgan fingerprint density at radius 3 is 3.20 bits per heavy atom. The number of benzene rings is 1. The number of ether oxygens (including phenoxy) is 1. The number of hydrogen-bond acceptors (Lipinski definition) is 4. The first-order valence-electron chi connectivity index (χ1n) is 6.84. The Balaban J connectivity index is 1.58. The van der Waals surface area contributed by atoms with Gasteiger partial charge >= 0.3 is 0 Å². The molecular weight excluding hydrogens is 275 g/mol. The monoisotopic (exact) mass is 292 g/mol. The molecule has 0 aliphatic carbocycles. The molecule has 0 saturated carbocycles. The summed E-state index contributed by atoms with van der Waals surface area (Å²) in [6, 6.07) is 4.98. The maximum absolute atomic E-state index is 13.2. The molecule has 0 fully saturated rings. The second kappa shape index (κ2) is 5.89. The van der Waals surface area contributed by atoms with E-state index < -0.39 is 0 Å². The molecule has 1 aromatic carbocycles. The third kappa shape index (κ3) is 2.83. The van der Waals surface area contributed by atoms with Gasteiger partial charge in [0.05, 0.1) is 6.04 Å². The summed E-state index contributed by atoms with van der Waals surface area (Å²) in [7, 11) is 0. The molecule has 1 aliphatic rings. The van der Waals surface area contributed by atoms with Crippen molar-refractivity contribution in [3.05, 3.63) is 46.2 Å². The van der Waals surface area contributed by atoms with Crippen molar-refractivity contribution in [3.63, 3.8) is 0 Å². The average Bonchev–Trinajstić information content (AvgIpc) is 3.08. The number of nitrogens with zero attached hydrogens (tertiary/aromatic N) is 1. The van der Waals surface area contributed by atoms with E-state index in [4.69, 9.17) is 4.74 Å². The Labute approximate surface area is 121 Å². The fourth-order valence-electron chi connectivity index (χ4n) is 2.49. The minimum Gasteiger partial charge on any atom is -0.488 e. The van der Waals surface area contributed by atoms with E-state index in [9.17, 15) is 4.39 Å². The summed E-state index contributed by atoms with van der Waals surface area (Å²) in [4.78, 5) is 4.35. The molecule has 2 atom stereocenters. The second-order valence-corrected chi connectivity index (χ2v) is 5.86. The zero-order chi connectivity index (χ0) is 13.9. The molecule has 0 amide bonds. The molecule has 0 bridgehead atoms. The summed E-state index contributed by atoms with van der Waals surface area (Å²) >= 11 is 1.66. The number of fused-ring (bicyclic) bond motifs is 1. The summed E-state index contributed by atoms with van der Waals surface area (Å²) in [5.74, 6) is 0.607. The molecule has 0 radical (unpaired) electrons. The Kier molecular flexibility index (Phi) is 3.98. The van der Waals surface area contributed by atoms with E-state index in [0.29, 0.717) is 0 Å². The maximum atomic E-state index is 13.2. The van der Waals surface area contributed by atoms with Crippen LogP contribution in [0.15, 0.2) is 29.8 Å². The zero-order valence-corrected chi connectivity index (χ0v) is 12.1. The lowest BCUT2D eigenvalue weighted by atomic mass is 10.1. The van der Waals surface area contributed by atoms with Gasteiger partial charge in [-0.1, -0.05) is 6.92 Å². The van der Waals surface area contributed by atoms with Gasteiger partial charge in [0.15, 0.2) is 0 Å². The van der Waals surface area contributed by atoms with Crippen LogP contribution in [0.2, 0.25) is 0 Å². The number of nitrogens with one attached hydrogen (secondary N) is 1. The normalized spacial score (nSPS) is 18.6. The second-order valence-electron chi connectivity index (χ2n) is 4.94. The van der Waals surface area contributed by atoms with Gasteiger partial charge in [0.1, 0.15) is 22.7 Å². The molecule has 1 aliphatic heterocycles. The highest BCUT2D eigenvalue weighted by Gasteiger charge is 2.24. The van der Waals surface area contributed by atoms with Gasteiger partial charge in [-0.3, -0.25) is 0 Å². The van der Waals surface area contributed by atoms with E-state index in [-0.39, 0.29) is 18.0 Å². The molecule has 2 unspecified atom stereocenters. The average molecular weight is 292 g/mol. The number of halogens is 1. The quantitative estimate of drug-likeness (QED) is 0.918. The standard InChI is InChI=1S/C15H17FN2OS/c1-2-13(15-17-5-6-20-15)18-9-12-8-10-7-11(16)3-4-14(10)19-12/h3-7,12-13,18H,2,8-9H2,1H3. The van der Waals surface area contributed by atoms with Crippen molar-refractivity contribution in [2.75, 3.05) is 6.54 Å². The first kappa shape index (κ1) is 13.5. The molecular formula is C15H17FN2OS. The van der Waals surface area contributed by atoms with E-state index in [1.54, 1.807) is 23.5 Å². The molecule has 5 heteroatoms. The summed E-state index contributed by atoms with van der Waals surface area (Å²) in [5.41, 5.74) is 0.957. The van der Waals surface area contributed by atoms with Crippen molar-refractivity contribution >= 4 is 11.3 Å². The number of aromatic nitrogens is 1. The van der Waals surface area contributed by atoms with E-state index in [2.05, 4.69) is 17.2 Å². The lowest BCUT2D eigenvalue weighted by Crippen LogP contribution is -2.32. The van der Waals surface area contributed by atoms with Gasteiger partial charge in [-0.25, -0.2) is 9.37 Å². The van der Waals surface area contributed by atoms with E-state index in [1.807, 2.05) is 11.6 Å². The highest BCUT2D eigenvalue weighted by molar-refractivity contribution is 7.09. The summed E-state index contributed by atoms with van der Waals surface area (Å²) < 4.78 is 19.0. The van der Waals surface area contributed by atoms with Crippen molar-refractivity contribution < 1.29 is 9.13 Å². The predicted octanol–water partition coefficient (Wildman–Crippen LogP) is 3.33. The van der Waals surface area contributed by atoms with Gasteiger partial charge < -0.3 is 10.1 Å². The highest BCUT2D eigenvalue weighted by Crippen LogP contribution is 2.29. The van der Waals surface area contributed by atoms with Gasteiger partial charge in [0, 0.05) is 30.1 Å². The zero-order valence-electron chi connectivity index (χ0n) is 11.3. The number of rotatable bonds is 5. The highest BCUT2D eigenvalue weighted by atomic mass is 32.1. The molecule has 20 heavy (non-hydrogen) atoms. The van der Waals surface area contributed by atoms with Crippen LogP contribution >= 0.6 is 11.3 Å². The first-order valence-corrected chi connectivity index (χ1v) is 7.72. The Bertz CT molecular complexity index is 573. The van der Waals surface area contributed by atoms with E-state index in [1.165, 1.54) is 6.07 Å². The number of thiazole rings is 1. The van der Waals surface area contributed by atoms with Crippen LogP contribution in [0.25, 0.3) is 0 Å². The Hall–Kier alpha value is -1.46. The van der Waals surface area contributed by atoms with Gasteiger partial charge in [0.25, 0.3) is 0 Å². The van der Waals surface area contributed by atoms with Crippen LogP contribution in [-0.4, -0.2) is 17.6 Å². The van der Waals surface area contributed by atoms with Crippen molar-refractivity contribution in [2.24, 2.45) is 0 Å². The first-order chi connectivity index (χ1) is 9.76. The largest absolute Gasteiger partial charge is 0.488 e. The summed E-state index contributed by atoms with van der Waals surface area (Å²) in [6.07, 6.45) is 3.64. The minimum atomic E-state index is -0.199. The van der Waals surface area contributed by atoms with Gasteiger partial charge in [-0.05, 0) is 24.6 Å². The SMILES string of the molecule is CCC(NCC1Cc2cc(F)ccc2O1)c1nccs1. The fraction of sp³-hybridized carbons (Fsp3) is 0.400. The van der Waals surface area contributed by atoms with E-state index >= 15 is 0 Å². The van der Waals surface area contributed by atoms with Crippen LogP contribution in [0, 0.1) is 5.82 Å².